The number of rotatable bonds is 7. The van der Waals surface area contributed by atoms with Crippen molar-refractivity contribution in [3.63, 3.8) is 0 Å². The second-order valence-corrected chi connectivity index (χ2v) is 8.78. The Morgan fingerprint density at radius 3 is 2.30 bits per heavy atom. The molecule has 1 aromatic heterocycles. The zero-order valence-electron chi connectivity index (χ0n) is 17.2. The van der Waals surface area contributed by atoms with Crippen molar-refractivity contribution in [1.29, 1.82) is 0 Å². The largest absolute Gasteiger partial charge is 0.326 e. The van der Waals surface area contributed by atoms with E-state index >= 15 is 0 Å². The molecule has 30 heavy (non-hydrogen) atoms. The molecule has 1 atom stereocenters. The Morgan fingerprint density at radius 1 is 1.00 bits per heavy atom. The third-order valence-corrected chi connectivity index (χ3v) is 6.53. The minimum atomic E-state index is -1.10. The SMILES string of the molecule is Cc1ccsc1CN(C)CN1C(=O)N[C@@](Cc2ccccc2)(c2ccccc2)C1=O. The van der Waals surface area contributed by atoms with Gasteiger partial charge in [-0.05, 0) is 42.1 Å². The molecule has 1 aliphatic rings. The number of carbonyl (C=O) groups is 2. The topological polar surface area (TPSA) is 52.6 Å². The molecule has 0 bridgehead atoms. The van der Waals surface area contributed by atoms with Crippen molar-refractivity contribution in [1.82, 2.24) is 15.1 Å². The predicted octanol–water partition coefficient (Wildman–Crippen LogP) is 4.14. The van der Waals surface area contributed by atoms with E-state index in [-0.39, 0.29) is 18.6 Å². The summed E-state index contributed by atoms with van der Waals surface area (Å²) < 4.78 is 0. The second-order valence-electron chi connectivity index (χ2n) is 7.78. The predicted molar refractivity (Wildman–Crippen MR) is 119 cm³/mol. The van der Waals surface area contributed by atoms with Crippen LogP contribution in [-0.4, -0.2) is 35.5 Å². The molecule has 1 saturated heterocycles. The van der Waals surface area contributed by atoms with Crippen molar-refractivity contribution < 1.29 is 9.59 Å². The average molecular weight is 420 g/mol. The number of urea groups is 1. The van der Waals surface area contributed by atoms with Gasteiger partial charge in [0.2, 0.25) is 0 Å². The molecule has 154 valence electrons. The van der Waals surface area contributed by atoms with Gasteiger partial charge < -0.3 is 5.32 Å². The van der Waals surface area contributed by atoms with Crippen LogP contribution in [-0.2, 0) is 23.3 Å². The Hall–Kier alpha value is -2.96. The van der Waals surface area contributed by atoms with Crippen LogP contribution in [0, 0.1) is 6.92 Å². The van der Waals surface area contributed by atoms with Gasteiger partial charge in [0.15, 0.2) is 5.54 Å². The zero-order chi connectivity index (χ0) is 21.1. The van der Waals surface area contributed by atoms with Crippen LogP contribution in [0.5, 0.6) is 0 Å². The molecular weight excluding hydrogens is 394 g/mol. The summed E-state index contributed by atoms with van der Waals surface area (Å²) in [5, 5.41) is 5.08. The molecule has 0 saturated carbocycles. The molecule has 5 nitrogen and oxygen atoms in total. The monoisotopic (exact) mass is 419 g/mol. The molecule has 2 heterocycles. The summed E-state index contributed by atoms with van der Waals surface area (Å²) in [5.41, 5.74) is 1.93. The molecule has 1 fully saturated rings. The van der Waals surface area contributed by atoms with E-state index in [0.717, 1.165) is 11.1 Å². The van der Waals surface area contributed by atoms with Crippen LogP contribution >= 0.6 is 11.3 Å². The number of amides is 3. The molecule has 4 rings (SSSR count). The van der Waals surface area contributed by atoms with Gasteiger partial charge in [0.1, 0.15) is 0 Å². The van der Waals surface area contributed by atoms with E-state index < -0.39 is 5.54 Å². The highest BCUT2D eigenvalue weighted by atomic mass is 32.1. The lowest BCUT2D eigenvalue weighted by atomic mass is 9.83. The van der Waals surface area contributed by atoms with Gasteiger partial charge in [-0.1, -0.05) is 60.7 Å². The molecule has 3 aromatic rings. The summed E-state index contributed by atoms with van der Waals surface area (Å²) in [6.07, 6.45) is 0.409. The molecule has 2 aromatic carbocycles. The number of imide groups is 1. The van der Waals surface area contributed by atoms with Crippen LogP contribution in [0.15, 0.2) is 72.1 Å². The maximum absolute atomic E-state index is 13.7. The fourth-order valence-corrected chi connectivity index (χ4v) is 4.88. The summed E-state index contributed by atoms with van der Waals surface area (Å²) in [7, 11) is 1.93. The van der Waals surface area contributed by atoms with Gasteiger partial charge in [0.25, 0.3) is 5.91 Å². The van der Waals surface area contributed by atoms with Gasteiger partial charge in [0.05, 0.1) is 6.67 Å². The smallest absolute Gasteiger partial charge is 0.319 e. The maximum Gasteiger partial charge on any atom is 0.326 e. The molecule has 0 unspecified atom stereocenters. The van der Waals surface area contributed by atoms with Crippen molar-refractivity contribution >= 4 is 23.3 Å². The first-order valence-electron chi connectivity index (χ1n) is 9.95. The van der Waals surface area contributed by atoms with Gasteiger partial charge in [-0.2, -0.15) is 0 Å². The third kappa shape index (κ3) is 3.88. The lowest BCUT2D eigenvalue weighted by Crippen LogP contribution is -2.46. The van der Waals surface area contributed by atoms with E-state index in [1.165, 1.54) is 15.3 Å². The van der Waals surface area contributed by atoms with Gasteiger partial charge >= 0.3 is 6.03 Å². The molecule has 0 radical (unpaired) electrons. The van der Waals surface area contributed by atoms with Crippen LogP contribution in [0.1, 0.15) is 21.6 Å². The van der Waals surface area contributed by atoms with Crippen LogP contribution in [0.25, 0.3) is 0 Å². The molecule has 0 spiro atoms. The van der Waals surface area contributed by atoms with Crippen molar-refractivity contribution in [3.8, 4) is 0 Å². The Labute approximate surface area is 180 Å². The Bertz CT molecular complexity index is 1030. The van der Waals surface area contributed by atoms with Crippen LogP contribution < -0.4 is 5.32 Å². The first kappa shape index (κ1) is 20.3. The summed E-state index contributed by atoms with van der Waals surface area (Å²) in [6, 6.07) is 21.1. The van der Waals surface area contributed by atoms with Crippen molar-refractivity contribution in [2.45, 2.75) is 25.4 Å². The zero-order valence-corrected chi connectivity index (χ0v) is 18.0. The Kier molecular flexibility index (Phi) is 5.70. The highest BCUT2D eigenvalue weighted by Crippen LogP contribution is 2.33. The second kappa shape index (κ2) is 8.42. The summed E-state index contributed by atoms with van der Waals surface area (Å²) >= 11 is 1.69. The maximum atomic E-state index is 13.7. The molecule has 6 heteroatoms. The summed E-state index contributed by atoms with van der Waals surface area (Å²) in [5.74, 6) is -0.211. The van der Waals surface area contributed by atoms with E-state index in [9.17, 15) is 9.59 Å². The first-order chi connectivity index (χ1) is 14.5. The molecule has 1 aliphatic heterocycles. The molecule has 3 amide bonds. The lowest BCUT2D eigenvalue weighted by molar-refractivity contribution is -0.133. The quantitative estimate of drug-likeness (QED) is 0.586. The van der Waals surface area contributed by atoms with E-state index in [1.807, 2.05) is 72.6 Å². The number of carbonyl (C=O) groups excluding carboxylic acids is 2. The number of nitrogens with zero attached hydrogens (tertiary/aromatic N) is 2. The minimum Gasteiger partial charge on any atom is -0.319 e. The Balaban J connectivity index is 1.61. The summed E-state index contributed by atoms with van der Waals surface area (Å²) in [4.78, 5) is 31.2. The van der Waals surface area contributed by atoms with Gasteiger partial charge in [0, 0.05) is 17.8 Å². The number of thiophene rings is 1. The average Bonchev–Trinajstić information content (AvgIpc) is 3.26. The van der Waals surface area contributed by atoms with Crippen LogP contribution in [0.2, 0.25) is 0 Å². The molecule has 0 aliphatic carbocycles. The van der Waals surface area contributed by atoms with Crippen molar-refractivity contribution in [3.05, 3.63) is 93.7 Å². The van der Waals surface area contributed by atoms with Crippen LogP contribution in [0.3, 0.4) is 0 Å². The number of nitrogens with one attached hydrogen (secondary N) is 1. The number of aryl methyl sites for hydroxylation is 1. The van der Waals surface area contributed by atoms with E-state index in [4.69, 9.17) is 0 Å². The van der Waals surface area contributed by atoms with Crippen molar-refractivity contribution in [2.75, 3.05) is 13.7 Å². The molecular formula is C24H25N3O2S. The van der Waals surface area contributed by atoms with Crippen molar-refractivity contribution in [2.24, 2.45) is 0 Å². The summed E-state index contributed by atoms with van der Waals surface area (Å²) in [6.45, 7) is 3.01. The lowest BCUT2D eigenvalue weighted by Gasteiger charge is -2.28. The number of hydrogen-bond acceptors (Lipinski definition) is 4. The van der Waals surface area contributed by atoms with E-state index in [1.54, 1.807) is 11.3 Å². The fraction of sp³-hybridized carbons (Fsp3) is 0.250. The highest BCUT2D eigenvalue weighted by molar-refractivity contribution is 7.10. The fourth-order valence-electron chi connectivity index (χ4n) is 3.90. The highest BCUT2D eigenvalue weighted by Gasteiger charge is 2.52. The minimum absolute atomic E-state index is 0.211. The first-order valence-corrected chi connectivity index (χ1v) is 10.8. The third-order valence-electron chi connectivity index (χ3n) is 5.52. The number of hydrogen-bond donors (Lipinski definition) is 1. The normalized spacial score (nSPS) is 18.8. The van der Waals surface area contributed by atoms with Gasteiger partial charge in [-0.25, -0.2) is 9.69 Å². The van der Waals surface area contributed by atoms with Crippen LogP contribution in [0.4, 0.5) is 4.79 Å². The van der Waals surface area contributed by atoms with Gasteiger partial charge in [-0.15, -0.1) is 11.3 Å². The van der Waals surface area contributed by atoms with E-state index in [0.29, 0.717) is 13.0 Å². The Morgan fingerprint density at radius 2 is 1.67 bits per heavy atom. The number of benzene rings is 2. The standard InChI is InChI=1S/C24H25N3O2S/c1-18-13-14-30-21(18)16-26(2)17-27-22(28)24(25-23(27)29,20-11-7-4-8-12-20)15-19-9-5-3-6-10-19/h3-14H,15-17H2,1-2H3,(H,25,29)/t24-/m0/s1. The van der Waals surface area contributed by atoms with E-state index in [2.05, 4.69) is 23.7 Å². The molecule has 1 N–H and O–H groups in total. The van der Waals surface area contributed by atoms with Gasteiger partial charge in [-0.3, -0.25) is 9.69 Å².